The summed E-state index contributed by atoms with van der Waals surface area (Å²) >= 11 is 0.00694. The number of unbranched alkanes of at least 4 members (excludes halogenated alkanes) is 2. The molecule has 0 bridgehead atoms. The average Bonchev–Trinajstić information content (AvgIpc) is 2.75. The Kier molecular flexibility index (Phi) is 38.4. The normalized spacial score (nSPS) is 21.0. The van der Waals surface area contributed by atoms with Gasteiger partial charge >= 0.3 is 33.3 Å². The number of nitrogens with one attached hydrogen (secondary N) is 2. The van der Waals surface area contributed by atoms with Crippen LogP contribution < -0.4 is 10.6 Å². The van der Waals surface area contributed by atoms with Gasteiger partial charge in [-0.05, 0) is 40.0 Å². The van der Waals surface area contributed by atoms with E-state index in [0.29, 0.717) is 12.1 Å². The first-order chi connectivity index (χ1) is 14.8. The van der Waals surface area contributed by atoms with Crippen LogP contribution in [0.3, 0.4) is 0 Å². The van der Waals surface area contributed by atoms with Crippen molar-refractivity contribution in [1.82, 2.24) is 10.6 Å². The largest absolute Gasteiger partial charge is 0 e. The molecule has 0 spiro atoms. The maximum atomic E-state index is 5.03. The van der Waals surface area contributed by atoms with Gasteiger partial charge in [0.1, 0.15) is 0 Å². The molecule has 7 nitrogen and oxygen atoms in total. The van der Waals surface area contributed by atoms with E-state index in [9.17, 15) is 0 Å². The van der Waals surface area contributed by atoms with Crippen LogP contribution in [0.2, 0.25) is 0 Å². The van der Waals surface area contributed by atoms with Crippen LogP contribution >= 0.6 is 45.0 Å². The van der Waals surface area contributed by atoms with E-state index >= 15 is 0 Å². The van der Waals surface area contributed by atoms with Crippen molar-refractivity contribution in [3.05, 3.63) is 26.6 Å². The van der Waals surface area contributed by atoms with E-state index in [1.54, 1.807) is 0 Å². The molecule has 1 fully saturated rings. The fraction of sp³-hybridized carbons (Fsp3) is 1.00. The molecule has 1 aliphatic rings. The van der Waals surface area contributed by atoms with Crippen molar-refractivity contribution in [2.75, 3.05) is 79.5 Å². The molecule has 207 valence electrons. The molecule has 0 radical (unpaired) electrons. The van der Waals surface area contributed by atoms with Crippen molar-refractivity contribution in [3.63, 3.8) is 0 Å². The summed E-state index contributed by atoms with van der Waals surface area (Å²) in [5.74, 6) is 0. The molecule has 1 aliphatic heterocycles. The Morgan fingerprint density at radius 1 is 0.688 bits per heavy atom. The molecule has 12 heteroatoms. The standard InChI is InChI=1S/C20H42N7.4ClH.Mn.4H2/c1-21-9-5-3-7-19-17-25-14-13-23-11-12-24-15-16-26-20(18-27-19)8-4-6-10-22-2;;;;;;;;;/h19-22H,3-18H2,1-2H3;4*1H;;4*1H/q-5;;;;;+2;;;;/p-2/t19-,20+;;;;;;;;;/m1........./s1. The molecule has 0 aromatic rings. The third-order valence-electron chi connectivity index (χ3n) is 4.82. The Hall–Kier alpha value is 1.40. The van der Waals surface area contributed by atoms with Crippen molar-refractivity contribution in [2.45, 2.75) is 50.6 Å². The Balaban J connectivity index is -0.000000178. The maximum Gasteiger partial charge on any atom is 0 e. The summed E-state index contributed by atoms with van der Waals surface area (Å²) in [5, 5.41) is 30.1. The molecule has 0 saturated carbocycles. The van der Waals surface area contributed by atoms with Crippen LogP contribution in [0, 0.1) is 0 Å². The third kappa shape index (κ3) is 27.6. The van der Waals surface area contributed by atoms with Crippen LogP contribution in [-0.2, 0) is 13.1 Å². The summed E-state index contributed by atoms with van der Waals surface area (Å²) in [4.78, 5) is 0. The van der Waals surface area contributed by atoms with Crippen LogP contribution in [0.1, 0.15) is 44.2 Å². The molecule has 1 heterocycles. The maximum absolute atomic E-state index is 5.03. The van der Waals surface area contributed by atoms with Crippen molar-refractivity contribution >= 4 is 45.0 Å². The number of nitrogens with zero attached hydrogens (tertiary/aromatic N) is 5. The summed E-state index contributed by atoms with van der Waals surface area (Å²) in [6.45, 7) is 8.76. The van der Waals surface area contributed by atoms with Gasteiger partial charge in [-0.25, -0.2) is 0 Å². The molecule has 0 aromatic carbocycles. The van der Waals surface area contributed by atoms with Gasteiger partial charge in [-0.15, -0.1) is 24.8 Å². The molecule has 0 amide bonds. The molecule has 2 atom stereocenters. The quantitative estimate of drug-likeness (QED) is 0.223. The molecule has 1 saturated heterocycles. The Morgan fingerprint density at radius 3 is 1.62 bits per heavy atom. The van der Waals surface area contributed by atoms with Crippen LogP contribution in [0.25, 0.3) is 26.6 Å². The summed E-state index contributed by atoms with van der Waals surface area (Å²) in [6.07, 6.45) is 7.08. The van der Waals surface area contributed by atoms with E-state index in [4.69, 9.17) is 36.1 Å². The zero-order valence-corrected chi connectivity index (χ0v) is 24.0. The molecule has 2 N–H and O–H groups in total. The molecular formula is C20H52Cl4MnN7-5. The number of halogens is 4. The minimum absolute atomic E-state index is 0. The van der Waals surface area contributed by atoms with Gasteiger partial charge in [0.2, 0.25) is 0 Å². The second kappa shape index (κ2) is 32.4. The van der Waals surface area contributed by atoms with Gasteiger partial charge in [0, 0.05) is 5.71 Å². The predicted octanol–water partition coefficient (Wildman–Crippen LogP) is 6.59. The van der Waals surface area contributed by atoms with E-state index in [0.717, 1.165) is 78.3 Å². The van der Waals surface area contributed by atoms with E-state index < -0.39 is 0 Å². The minimum Gasteiger partial charge on any atom is 0 e. The van der Waals surface area contributed by atoms with Gasteiger partial charge in [-0.3, -0.25) is 0 Å². The first-order valence-corrected chi connectivity index (χ1v) is 14.4. The summed E-state index contributed by atoms with van der Waals surface area (Å²) in [7, 11) is 13.6. The van der Waals surface area contributed by atoms with Gasteiger partial charge in [0.15, 0.2) is 0 Å². The Morgan fingerprint density at radius 2 is 1.12 bits per heavy atom. The third-order valence-corrected chi connectivity index (χ3v) is 4.82. The van der Waals surface area contributed by atoms with Crippen molar-refractivity contribution in [2.24, 2.45) is 0 Å². The van der Waals surface area contributed by atoms with E-state index in [2.05, 4.69) is 21.3 Å². The Bertz CT molecular complexity index is 330. The summed E-state index contributed by atoms with van der Waals surface area (Å²) in [5.41, 5.74) is 0. The zero-order chi connectivity index (χ0) is 22.1. The SMILES string of the molecule is CNCCCC[C@@H]1C[N-]CC[N-]CC[N-]CC[N-][C@@H](CCCCNC)C[N-]1.Cl.Cl.[Cl][Mn][Cl].[HH].[HH].[HH].[HH]. The van der Waals surface area contributed by atoms with Crippen LogP contribution in [0.4, 0.5) is 0 Å². The van der Waals surface area contributed by atoms with Crippen molar-refractivity contribution in [3.8, 4) is 0 Å². The van der Waals surface area contributed by atoms with E-state index in [1.165, 1.54) is 25.7 Å². The minimum atomic E-state index is 0. The summed E-state index contributed by atoms with van der Waals surface area (Å²) in [6, 6.07) is 0.679. The number of rotatable bonds is 10. The van der Waals surface area contributed by atoms with Gasteiger partial charge in [0.25, 0.3) is 0 Å². The average molecular weight is 587 g/mol. The van der Waals surface area contributed by atoms with Gasteiger partial charge in [-0.1, -0.05) is 25.7 Å². The Labute approximate surface area is 230 Å². The molecular weight excluding hydrogens is 535 g/mol. The monoisotopic (exact) mass is 585 g/mol. The van der Waals surface area contributed by atoms with Gasteiger partial charge < -0.3 is 37.2 Å². The smallest absolute Gasteiger partial charge is 0 e. The zero-order valence-electron chi connectivity index (χ0n) is 19.7. The first kappa shape index (κ1) is 37.9. The van der Waals surface area contributed by atoms with Crippen molar-refractivity contribution < 1.29 is 18.8 Å². The molecule has 0 aromatic heterocycles. The predicted molar refractivity (Wildman–Crippen MR) is 154 cm³/mol. The van der Waals surface area contributed by atoms with E-state index in [1.807, 2.05) is 14.1 Å². The molecule has 32 heavy (non-hydrogen) atoms. The molecule has 1 rings (SSSR count). The summed E-state index contributed by atoms with van der Waals surface area (Å²) < 4.78 is 0. The topological polar surface area (TPSA) is 94.6 Å². The van der Waals surface area contributed by atoms with Crippen molar-refractivity contribution in [1.29, 1.82) is 0 Å². The van der Waals surface area contributed by atoms with Gasteiger partial charge in [0.05, 0.1) is 0 Å². The van der Waals surface area contributed by atoms with Crippen LogP contribution in [-0.4, -0.2) is 91.6 Å². The molecule has 0 unspecified atom stereocenters. The second-order valence-corrected chi connectivity index (χ2v) is 9.25. The van der Waals surface area contributed by atoms with Crippen LogP contribution in [0.5, 0.6) is 0 Å². The van der Waals surface area contributed by atoms with E-state index in [-0.39, 0.29) is 43.7 Å². The number of hydrogen-bond acceptors (Lipinski definition) is 2. The molecule has 0 aliphatic carbocycles. The van der Waals surface area contributed by atoms with Gasteiger partial charge in [-0.2, -0.15) is 64.4 Å². The number of hydrogen-bond donors (Lipinski definition) is 2. The first-order valence-electron chi connectivity index (χ1n) is 11.2. The fourth-order valence-corrected chi connectivity index (χ4v) is 3.17. The second-order valence-electron chi connectivity index (χ2n) is 7.30. The fourth-order valence-electron chi connectivity index (χ4n) is 3.17. The van der Waals surface area contributed by atoms with Crippen LogP contribution in [0.15, 0.2) is 0 Å².